The van der Waals surface area contributed by atoms with Crippen molar-refractivity contribution < 1.29 is 24.2 Å². The number of benzene rings is 1. The first-order valence-electron chi connectivity index (χ1n) is 9.16. The monoisotopic (exact) mass is 414 g/mol. The van der Waals surface area contributed by atoms with Crippen molar-refractivity contribution in [3.8, 4) is 11.4 Å². The first-order valence-corrected chi connectivity index (χ1v) is 9.98. The minimum Gasteiger partial charge on any atom is -0.508 e. The number of ether oxygens (including phenoxy) is 1. The summed E-state index contributed by atoms with van der Waals surface area (Å²) in [5, 5.41) is 9.01. The van der Waals surface area contributed by atoms with Gasteiger partial charge in [-0.1, -0.05) is 0 Å². The molecule has 2 aromatic rings. The summed E-state index contributed by atoms with van der Waals surface area (Å²) in [6, 6.07) is 7.76. The predicted octanol–water partition coefficient (Wildman–Crippen LogP) is 3.79. The number of esters is 1. The van der Waals surface area contributed by atoms with Crippen LogP contribution in [-0.2, 0) is 14.3 Å². The molecule has 1 atom stereocenters. The van der Waals surface area contributed by atoms with Crippen molar-refractivity contribution >= 4 is 35.0 Å². The first-order chi connectivity index (χ1) is 13.7. The summed E-state index contributed by atoms with van der Waals surface area (Å²) in [5.74, 6) is -0.933. The molecule has 1 aromatic carbocycles. The number of rotatable bonds is 5. The summed E-state index contributed by atoms with van der Waals surface area (Å²) >= 11 is 0.810. The van der Waals surface area contributed by atoms with Crippen molar-refractivity contribution in [2.45, 2.75) is 33.7 Å². The number of thioether (sulfide) groups is 1. The van der Waals surface area contributed by atoms with E-state index in [4.69, 9.17) is 4.74 Å². The Hall–Kier alpha value is -3.00. The van der Waals surface area contributed by atoms with Gasteiger partial charge >= 0.3 is 5.97 Å². The van der Waals surface area contributed by atoms with E-state index in [0.717, 1.165) is 39.3 Å². The maximum absolute atomic E-state index is 12.8. The molecule has 0 radical (unpaired) electrons. The van der Waals surface area contributed by atoms with Crippen LogP contribution in [0.15, 0.2) is 35.2 Å². The van der Waals surface area contributed by atoms with Crippen LogP contribution in [0.3, 0.4) is 0 Å². The minimum absolute atomic E-state index is 0.179. The summed E-state index contributed by atoms with van der Waals surface area (Å²) < 4.78 is 6.92. The fraction of sp³-hybridized carbons (Fsp3) is 0.286. The number of carbonyl (C=O) groups is 3. The number of aromatic hydroxyl groups is 1. The van der Waals surface area contributed by atoms with Crippen LogP contribution in [-0.4, -0.2) is 44.3 Å². The number of aryl methyl sites for hydroxylation is 1. The highest BCUT2D eigenvalue weighted by Gasteiger charge is 2.41. The van der Waals surface area contributed by atoms with Crippen molar-refractivity contribution in [1.82, 2.24) is 9.47 Å². The second-order valence-corrected chi connectivity index (χ2v) is 7.65. The van der Waals surface area contributed by atoms with Gasteiger partial charge in [0.15, 0.2) is 0 Å². The Labute approximate surface area is 173 Å². The van der Waals surface area contributed by atoms with Gasteiger partial charge in [0.1, 0.15) is 11.8 Å². The Morgan fingerprint density at radius 3 is 2.52 bits per heavy atom. The van der Waals surface area contributed by atoms with Gasteiger partial charge in [-0.2, -0.15) is 0 Å². The zero-order chi connectivity index (χ0) is 21.3. The van der Waals surface area contributed by atoms with Crippen molar-refractivity contribution in [2.24, 2.45) is 0 Å². The SMILES string of the molecule is CCOC(=O)[C@H](C)N1C(=O)S/C(=C/c2cc(C)n(-c3ccc(O)cc3)c2C)C1=O. The lowest BCUT2D eigenvalue weighted by atomic mass is 10.2. The summed E-state index contributed by atoms with van der Waals surface area (Å²) in [6.07, 6.45) is 1.67. The molecule has 2 amide bonds. The second-order valence-electron chi connectivity index (χ2n) is 6.66. The molecule has 1 saturated heterocycles. The minimum atomic E-state index is -0.974. The van der Waals surface area contributed by atoms with Crippen LogP contribution in [0, 0.1) is 13.8 Å². The molecule has 29 heavy (non-hydrogen) atoms. The van der Waals surface area contributed by atoms with Crippen LogP contribution < -0.4 is 0 Å². The van der Waals surface area contributed by atoms with Gasteiger partial charge in [0, 0.05) is 17.1 Å². The molecule has 1 N–H and O–H groups in total. The molecule has 1 aliphatic heterocycles. The predicted molar refractivity (Wildman–Crippen MR) is 111 cm³/mol. The lowest BCUT2D eigenvalue weighted by Crippen LogP contribution is -2.42. The number of hydrogen-bond donors (Lipinski definition) is 1. The zero-order valence-corrected chi connectivity index (χ0v) is 17.4. The first kappa shape index (κ1) is 20.7. The van der Waals surface area contributed by atoms with E-state index in [1.807, 2.05) is 24.5 Å². The number of carbonyl (C=O) groups excluding carboxylic acids is 3. The van der Waals surface area contributed by atoms with Crippen molar-refractivity contribution in [3.05, 3.63) is 52.2 Å². The van der Waals surface area contributed by atoms with E-state index in [2.05, 4.69) is 0 Å². The number of amides is 2. The molecule has 1 aliphatic rings. The van der Waals surface area contributed by atoms with E-state index in [1.165, 1.54) is 6.92 Å². The van der Waals surface area contributed by atoms with E-state index in [1.54, 1.807) is 37.3 Å². The van der Waals surface area contributed by atoms with E-state index in [9.17, 15) is 19.5 Å². The molecule has 0 aliphatic carbocycles. The van der Waals surface area contributed by atoms with E-state index in [0.29, 0.717) is 0 Å². The summed E-state index contributed by atoms with van der Waals surface area (Å²) in [5.41, 5.74) is 3.50. The van der Waals surface area contributed by atoms with Crippen molar-refractivity contribution in [1.29, 1.82) is 0 Å². The molecule has 152 valence electrons. The average Bonchev–Trinajstić information content (AvgIpc) is 3.11. The quantitative estimate of drug-likeness (QED) is 0.592. The van der Waals surface area contributed by atoms with Gasteiger partial charge in [-0.25, -0.2) is 4.79 Å². The lowest BCUT2D eigenvalue weighted by Gasteiger charge is -2.19. The van der Waals surface area contributed by atoms with Gasteiger partial charge in [-0.05, 0) is 81.4 Å². The third kappa shape index (κ3) is 3.93. The highest BCUT2D eigenvalue weighted by atomic mass is 32.2. The van der Waals surface area contributed by atoms with Crippen molar-refractivity contribution in [3.63, 3.8) is 0 Å². The van der Waals surface area contributed by atoms with Gasteiger partial charge in [0.2, 0.25) is 0 Å². The number of hydrogen-bond acceptors (Lipinski definition) is 6. The topological polar surface area (TPSA) is 88.8 Å². The molecule has 3 rings (SSSR count). The average molecular weight is 414 g/mol. The largest absolute Gasteiger partial charge is 0.508 e. The number of nitrogens with zero attached hydrogens (tertiary/aromatic N) is 2. The number of imide groups is 1. The molecule has 8 heteroatoms. The number of phenols is 1. The molecule has 0 bridgehead atoms. The molecule has 0 saturated carbocycles. The zero-order valence-electron chi connectivity index (χ0n) is 16.6. The molecule has 0 unspecified atom stereocenters. The second kappa shape index (κ2) is 8.16. The van der Waals surface area contributed by atoms with Crippen LogP contribution in [0.1, 0.15) is 30.8 Å². The lowest BCUT2D eigenvalue weighted by molar-refractivity contribution is -0.150. The van der Waals surface area contributed by atoms with Crippen LogP contribution in [0.4, 0.5) is 4.79 Å². The maximum Gasteiger partial charge on any atom is 0.329 e. The fourth-order valence-corrected chi connectivity index (χ4v) is 4.16. The number of aromatic nitrogens is 1. The van der Waals surface area contributed by atoms with E-state index in [-0.39, 0.29) is 17.3 Å². The normalized spacial score (nSPS) is 16.6. The molecule has 1 fully saturated rings. The Morgan fingerprint density at radius 1 is 1.24 bits per heavy atom. The Morgan fingerprint density at radius 2 is 1.90 bits per heavy atom. The third-order valence-electron chi connectivity index (χ3n) is 4.70. The summed E-state index contributed by atoms with van der Waals surface area (Å²) in [7, 11) is 0. The summed E-state index contributed by atoms with van der Waals surface area (Å²) in [4.78, 5) is 38.2. The molecule has 0 spiro atoms. The van der Waals surface area contributed by atoms with E-state index >= 15 is 0 Å². The Bertz CT molecular complexity index is 1010. The highest BCUT2D eigenvalue weighted by Crippen LogP contribution is 2.35. The van der Waals surface area contributed by atoms with Gasteiger partial charge in [-0.3, -0.25) is 14.5 Å². The molecular weight excluding hydrogens is 392 g/mol. The third-order valence-corrected chi connectivity index (χ3v) is 5.59. The van der Waals surface area contributed by atoms with Gasteiger partial charge in [0.05, 0.1) is 11.5 Å². The van der Waals surface area contributed by atoms with Crippen LogP contribution >= 0.6 is 11.8 Å². The summed E-state index contributed by atoms with van der Waals surface area (Å²) in [6.45, 7) is 7.18. The highest BCUT2D eigenvalue weighted by molar-refractivity contribution is 8.18. The molecule has 7 nitrogen and oxygen atoms in total. The van der Waals surface area contributed by atoms with E-state index < -0.39 is 23.2 Å². The Balaban J connectivity index is 1.92. The Kier molecular flexibility index (Phi) is 5.83. The van der Waals surface area contributed by atoms with Gasteiger partial charge in [0.25, 0.3) is 11.1 Å². The van der Waals surface area contributed by atoms with Crippen LogP contribution in [0.25, 0.3) is 11.8 Å². The smallest absolute Gasteiger partial charge is 0.329 e. The fourth-order valence-electron chi connectivity index (χ4n) is 3.26. The van der Waals surface area contributed by atoms with Gasteiger partial charge < -0.3 is 14.4 Å². The number of phenolic OH excluding ortho intramolecular Hbond substituents is 1. The van der Waals surface area contributed by atoms with Gasteiger partial charge in [-0.15, -0.1) is 0 Å². The molecule has 2 heterocycles. The molecule has 1 aromatic heterocycles. The van der Waals surface area contributed by atoms with Crippen LogP contribution in [0.5, 0.6) is 5.75 Å². The standard InChI is InChI=1S/C21H22N2O5S/c1-5-28-20(26)14(4)23-19(25)18(29-21(23)27)11-15-10-12(2)22(13(15)3)16-6-8-17(24)9-7-16/h6-11,14,24H,5H2,1-4H3/b18-11+/t14-/m0/s1. The molecular formula is C21H22N2O5S. The van der Waals surface area contributed by atoms with Crippen molar-refractivity contribution in [2.75, 3.05) is 6.61 Å². The van der Waals surface area contributed by atoms with Crippen LogP contribution in [0.2, 0.25) is 0 Å². The maximum atomic E-state index is 12.8.